The van der Waals surface area contributed by atoms with Crippen LogP contribution in [0.25, 0.3) is 0 Å². The van der Waals surface area contributed by atoms with Gasteiger partial charge >= 0.3 is 0 Å². The summed E-state index contributed by atoms with van der Waals surface area (Å²) in [5.74, 6) is 0.987. The van der Waals surface area contributed by atoms with Crippen molar-refractivity contribution in [3.8, 4) is 5.75 Å². The molecule has 1 aliphatic heterocycles. The Hall–Kier alpha value is -3.28. The van der Waals surface area contributed by atoms with E-state index >= 15 is 0 Å². The summed E-state index contributed by atoms with van der Waals surface area (Å²) >= 11 is 0. The molecule has 0 amide bonds. The molecule has 0 radical (unpaired) electrons. The van der Waals surface area contributed by atoms with E-state index in [9.17, 15) is 4.79 Å². The fraction of sp³-hybridized carbons (Fsp3) is 0.158. The van der Waals surface area contributed by atoms with E-state index in [1.807, 2.05) is 48.5 Å². The summed E-state index contributed by atoms with van der Waals surface area (Å²) < 4.78 is 6.98. The second kappa shape index (κ2) is 5.11. The molecular weight excluding hydrogens is 316 g/mol. The van der Waals surface area contributed by atoms with Gasteiger partial charge in [0.25, 0.3) is 0 Å². The van der Waals surface area contributed by atoms with Crippen LogP contribution >= 0.6 is 0 Å². The monoisotopic (exact) mass is 330 g/mol. The molecule has 0 saturated heterocycles. The summed E-state index contributed by atoms with van der Waals surface area (Å²) in [5, 5.41) is 4.33. The maximum absolute atomic E-state index is 13.1. The number of rotatable bonds is 2. The minimum Gasteiger partial charge on any atom is -0.497 e. The second-order valence-corrected chi connectivity index (χ2v) is 6.11. The number of hydrogen-bond donors (Lipinski definition) is 0. The molecule has 5 rings (SSSR count). The number of fused-ring (bicyclic) bond motifs is 4. The van der Waals surface area contributed by atoms with Gasteiger partial charge in [-0.3, -0.25) is 4.79 Å². The van der Waals surface area contributed by atoms with Crippen LogP contribution in [-0.4, -0.2) is 33.4 Å². The Labute approximate surface area is 143 Å². The van der Waals surface area contributed by atoms with Crippen LogP contribution in [0, 0.1) is 5.92 Å². The first-order valence-corrected chi connectivity index (χ1v) is 8.03. The Morgan fingerprint density at radius 3 is 2.56 bits per heavy atom. The fourth-order valence-corrected chi connectivity index (χ4v) is 3.71. The number of carbonyl (C=O) groups is 1. The van der Waals surface area contributed by atoms with Gasteiger partial charge in [0.05, 0.1) is 24.8 Å². The predicted octanol–water partition coefficient (Wildman–Crippen LogP) is 2.82. The third kappa shape index (κ3) is 1.91. The van der Waals surface area contributed by atoms with Gasteiger partial charge in [-0.05, 0) is 17.7 Å². The number of aromatic nitrogens is 3. The second-order valence-electron chi connectivity index (χ2n) is 6.11. The summed E-state index contributed by atoms with van der Waals surface area (Å²) in [5.41, 5.74) is 3.37. The lowest BCUT2D eigenvalue weighted by Crippen LogP contribution is -2.32. The van der Waals surface area contributed by atoms with Crippen molar-refractivity contribution in [2.24, 2.45) is 10.9 Å². The molecule has 0 unspecified atom stereocenters. The average molecular weight is 330 g/mol. The Morgan fingerprint density at radius 1 is 1.04 bits per heavy atom. The number of aliphatic imine (C=N–C) groups is 1. The van der Waals surface area contributed by atoms with Crippen molar-refractivity contribution in [1.82, 2.24) is 14.8 Å². The highest BCUT2D eigenvalue weighted by atomic mass is 16.5. The molecule has 1 aromatic heterocycles. The highest BCUT2D eigenvalue weighted by Crippen LogP contribution is 2.43. The predicted molar refractivity (Wildman–Crippen MR) is 91.6 cm³/mol. The zero-order valence-corrected chi connectivity index (χ0v) is 13.5. The van der Waals surface area contributed by atoms with Gasteiger partial charge in [-0.2, -0.15) is 10.1 Å². The molecule has 3 aromatic rings. The highest BCUT2D eigenvalue weighted by molar-refractivity contribution is 6.29. The number of methoxy groups -OCH3 is 1. The number of nitrogens with zero attached hydrogens (tertiary/aromatic N) is 4. The van der Waals surface area contributed by atoms with Gasteiger partial charge in [-0.15, -0.1) is 0 Å². The smallest absolute Gasteiger partial charge is 0.248 e. The summed E-state index contributed by atoms with van der Waals surface area (Å²) in [4.78, 5) is 22.0. The molecule has 0 bridgehead atoms. The zero-order chi connectivity index (χ0) is 17.0. The molecule has 0 N–H and O–H groups in total. The van der Waals surface area contributed by atoms with Crippen LogP contribution in [0.3, 0.4) is 0 Å². The Morgan fingerprint density at radius 2 is 1.80 bits per heavy atom. The average Bonchev–Trinajstić information content (AvgIpc) is 3.24. The number of Topliss-reactive ketones (excluding diaryl/α,β-unsaturated/α-hetero) is 1. The molecule has 6 heteroatoms. The van der Waals surface area contributed by atoms with Gasteiger partial charge in [0.15, 0.2) is 5.78 Å². The molecule has 0 fully saturated rings. The van der Waals surface area contributed by atoms with Crippen LogP contribution in [0.15, 0.2) is 59.9 Å². The topological polar surface area (TPSA) is 69.4 Å². The van der Waals surface area contributed by atoms with E-state index in [4.69, 9.17) is 4.74 Å². The minimum atomic E-state index is -0.389. The molecule has 2 atom stereocenters. The molecule has 25 heavy (non-hydrogen) atoms. The van der Waals surface area contributed by atoms with E-state index in [-0.39, 0.29) is 17.7 Å². The molecule has 6 nitrogen and oxygen atoms in total. The van der Waals surface area contributed by atoms with Gasteiger partial charge in [0.2, 0.25) is 5.95 Å². The lowest BCUT2D eigenvalue weighted by Gasteiger charge is -2.27. The van der Waals surface area contributed by atoms with Crippen LogP contribution in [0.1, 0.15) is 27.5 Å². The number of benzene rings is 2. The molecule has 122 valence electrons. The normalized spacial score (nSPS) is 20.5. The number of hydrogen-bond acceptors (Lipinski definition) is 5. The van der Waals surface area contributed by atoms with E-state index in [1.165, 1.54) is 6.33 Å². The van der Waals surface area contributed by atoms with Crippen LogP contribution in [0.4, 0.5) is 5.95 Å². The van der Waals surface area contributed by atoms with Crippen molar-refractivity contribution in [3.63, 3.8) is 0 Å². The largest absolute Gasteiger partial charge is 0.497 e. The molecule has 2 heterocycles. The van der Waals surface area contributed by atoms with Gasteiger partial charge in [-0.25, -0.2) is 9.67 Å². The maximum atomic E-state index is 13.1. The van der Waals surface area contributed by atoms with Gasteiger partial charge in [-0.1, -0.05) is 36.4 Å². The van der Waals surface area contributed by atoms with E-state index in [1.54, 1.807) is 11.8 Å². The van der Waals surface area contributed by atoms with Crippen molar-refractivity contribution in [2.75, 3.05) is 7.11 Å². The van der Waals surface area contributed by atoms with Crippen LogP contribution < -0.4 is 4.74 Å². The summed E-state index contributed by atoms with van der Waals surface area (Å²) in [7, 11) is 1.63. The van der Waals surface area contributed by atoms with Crippen LogP contribution in [0.2, 0.25) is 0 Å². The third-order valence-electron chi connectivity index (χ3n) is 4.86. The number of ether oxygens (including phenoxy) is 1. The molecule has 1 aliphatic carbocycles. The van der Waals surface area contributed by atoms with E-state index in [0.29, 0.717) is 5.95 Å². The lowest BCUT2D eigenvalue weighted by atomic mass is 9.87. The van der Waals surface area contributed by atoms with Crippen LogP contribution in [0.5, 0.6) is 5.75 Å². The minimum absolute atomic E-state index is 0.0799. The standard InChI is InChI=1S/C19H14N4O2/c1-25-12-8-6-11(7-9-12)17-15-16(22-19-20-10-21-23(17)19)13-4-2-3-5-14(13)18(15)24/h2-10,15,17H,1H3/t15-,17+/m0/s1. The van der Waals surface area contributed by atoms with Crippen molar-refractivity contribution < 1.29 is 9.53 Å². The Kier molecular flexibility index (Phi) is 2.88. The van der Waals surface area contributed by atoms with Gasteiger partial charge < -0.3 is 4.74 Å². The van der Waals surface area contributed by atoms with Gasteiger partial charge in [0, 0.05) is 11.1 Å². The van der Waals surface area contributed by atoms with E-state index in [2.05, 4.69) is 15.1 Å². The fourth-order valence-electron chi connectivity index (χ4n) is 3.71. The summed E-state index contributed by atoms with van der Waals surface area (Å²) in [6.45, 7) is 0. The summed E-state index contributed by atoms with van der Waals surface area (Å²) in [6.07, 6.45) is 1.48. The number of ketones is 1. The zero-order valence-electron chi connectivity index (χ0n) is 13.5. The first-order valence-electron chi connectivity index (χ1n) is 8.03. The highest BCUT2D eigenvalue weighted by Gasteiger charge is 2.46. The lowest BCUT2D eigenvalue weighted by molar-refractivity contribution is 0.0938. The van der Waals surface area contributed by atoms with E-state index < -0.39 is 0 Å². The van der Waals surface area contributed by atoms with Crippen molar-refractivity contribution >= 4 is 17.4 Å². The molecule has 0 spiro atoms. The quantitative estimate of drug-likeness (QED) is 0.724. The maximum Gasteiger partial charge on any atom is 0.248 e. The first kappa shape index (κ1) is 14.1. The van der Waals surface area contributed by atoms with Crippen molar-refractivity contribution in [2.45, 2.75) is 6.04 Å². The Bertz CT molecular complexity index is 1020. The molecular formula is C19H14N4O2. The Balaban J connectivity index is 1.72. The third-order valence-corrected chi connectivity index (χ3v) is 4.86. The molecule has 2 aromatic carbocycles. The molecule has 0 saturated carbocycles. The van der Waals surface area contributed by atoms with Gasteiger partial charge in [0.1, 0.15) is 12.1 Å². The van der Waals surface area contributed by atoms with Crippen molar-refractivity contribution in [3.05, 3.63) is 71.5 Å². The van der Waals surface area contributed by atoms with Crippen LogP contribution in [-0.2, 0) is 0 Å². The SMILES string of the molecule is COc1ccc([C@@H]2[C@H]3C(=O)c4ccccc4C3=Nc3ncnn32)cc1. The van der Waals surface area contributed by atoms with E-state index in [0.717, 1.165) is 28.2 Å². The number of carbonyl (C=O) groups excluding carboxylic acids is 1. The summed E-state index contributed by atoms with van der Waals surface area (Å²) in [6, 6.07) is 15.1. The van der Waals surface area contributed by atoms with Crippen molar-refractivity contribution in [1.29, 1.82) is 0 Å². The first-order chi connectivity index (χ1) is 12.3. The molecule has 2 aliphatic rings.